The summed E-state index contributed by atoms with van der Waals surface area (Å²) in [4.78, 5) is 0.465. The quantitative estimate of drug-likeness (QED) is 0.773. The van der Waals surface area contributed by atoms with Crippen molar-refractivity contribution in [3.05, 3.63) is 52.5 Å². The molecular weight excluding hydrogens is 374 g/mol. The zero-order valence-corrected chi connectivity index (χ0v) is 13.8. The fraction of sp³-hybridized carbons (Fsp3) is 0.200. The molecule has 0 amide bonds. The summed E-state index contributed by atoms with van der Waals surface area (Å²) in [6.45, 7) is 0. The Balaban J connectivity index is 1.89. The van der Waals surface area contributed by atoms with Crippen LogP contribution < -0.4 is 5.32 Å². The zero-order chi connectivity index (χ0) is 15.9. The lowest BCUT2D eigenvalue weighted by atomic mass is 10.2. The predicted molar refractivity (Wildman–Crippen MR) is 85.9 cm³/mol. The smallest absolute Gasteiger partial charge is 0.149 e. The number of hydrogen-bond donors (Lipinski definition) is 2. The lowest BCUT2D eigenvalue weighted by Gasteiger charge is -2.12. The molecule has 1 fully saturated rings. The molecule has 1 saturated carbocycles. The molecule has 2 aromatic carbocycles. The van der Waals surface area contributed by atoms with E-state index < -0.39 is 21.4 Å². The van der Waals surface area contributed by atoms with Crippen molar-refractivity contribution >= 4 is 37.0 Å². The maximum atomic E-state index is 13.7. The van der Waals surface area contributed by atoms with Crippen molar-refractivity contribution in [1.82, 2.24) is 0 Å². The second-order valence-electron chi connectivity index (χ2n) is 5.19. The molecule has 7 heteroatoms. The van der Waals surface area contributed by atoms with E-state index in [9.17, 15) is 13.0 Å². The van der Waals surface area contributed by atoms with Crippen LogP contribution in [-0.2, 0) is 9.73 Å². The Labute approximate surface area is 135 Å². The van der Waals surface area contributed by atoms with Crippen molar-refractivity contribution in [3.8, 4) is 0 Å². The Morgan fingerprint density at radius 1 is 1.14 bits per heavy atom. The van der Waals surface area contributed by atoms with Crippen LogP contribution in [0.5, 0.6) is 0 Å². The monoisotopic (exact) mass is 386 g/mol. The summed E-state index contributed by atoms with van der Waals surface area (Å²) in [6, 6.07) is 8.15. The molecular formula is C15H13BrF2N2OS. The molecule has 2 aromatic rings. The van der Waals surface area contributed by atoms with Gasteiger partial charge in [0.1, 0.15) is 11.6 Å². The van der Waals surface area contributed by atoms with E-state index >= 15 is 0 Å². The van der Waals surface area contributed by atoms with Gasteiger partial charge in [0.05, 0.1) is 21.1 Å². The van der Waals surface area contributed by atoms with E-state index in [2.05, 4.69) is 21.2 Å². The fourth-order valence-electron chi connectivity index (χ4n) is 2.11. The SMILES string of the molecule is N=S(=O)(c1ccc(Nc2ccc(F)cc2F)c(Br)c1)C1CC1. The third-order valence-corrected chi connectivity index (χ3v) is 6.51. The molecule has 1 unspecified atom stereocenters. The minimum absolute atomic E-state index is 0.0623. The van der Waals surface area contributed by atoms with Crippen molar-refractivity contribution in [2.24, 2.45) is 0 Å². The Hall–Kier alpha value is -1.47. The molecule has 116 valence electrons. The Bertz CT molecular complexity index is 835. The van der Waals surface area contributed by atoms with Crippen LogP contribution in [0.15, 0.2) is 45.8 Å². The van der Waals surface area contributed by atoms with E-state index in [-0.39, 0.29) is 10.9 Å². The number of benzene rings is 2. The summed E-state index contributed by atoms with van der Waals surface area (Å²) in [5, 5.41) is 2.79. The third kappa shape index (κ3) is 3.01. The molecule has 0 bridgehead atoms. The Kier molecular flexibility index (Phi) is 3.94. The van der Waals surface area contributed by atoms with Gasteiger partial charge >= 0.3 is 0 Å². The maximum Gasteiger partial charge on any atom is 0.149 e. The van der Waals surface area contributed by atoms with E-state index in [0.29, 0.717) is 15.1 Å². The van der Waals surface area contributed by atoms with Crippen LogP contribution >= 0.6 is 15.9 Å². The first-order valence-electron chi connectivity index (χ1n) is 6.67. The molecule has 1 atom stereocenters. The summed E-state index contributed by atoms with van der Waals surface area (Å²) >= 11 is 3.34. The molecule has 0 aliphatic heterocycles. The van der Waals surface area contributed by atoms with Gasteiger partial charge in [-0.15, -0.1) is 0 Å². The van der Waals surface area contributed by atoms with Crippen LogP contribution in [0.3, 0.4) is 0 Å². The first kappa shape index (κ1) is 15.4. The summed E-state index contributed by atoms with van der Waals surface area (Å²) in [7, 11) is -2.77. The van der Waals surface area contributed by atoms with Gasteiger partial charge in [-0.1, -0.05) is 0 Å². The standard InChI is InChI=1S/C15H13BrF2N2OS/c16-12-8-11(22(19,21)10-2-3-10)4-6-14(12)20-15-5-1-9(17)7-13(15)18/h1,4-8,10,19-20H,2-3H2. The lowest BCUT2D eigenvalue weighted by molar-refractivity contribution is 0.586. The van der Waals surface area contributed by atoms with Crippen LogP contribution in [0.4, 0.5) is 20.2 Å². The van der Waals surface area contributed by atoms with Crippen LogP contribution in [-0.4, -0.2) is 9.46 Å². The molecule has 1 aliphatic rings. The molecule has 22 heavy (non-hydrogen) atoms. The highest BCUT2D eigenvalue weighted by molar-refractivity contribution is 9.10. The number of halogens is 3. The first-order valence-corrected chi connectivity index (χ1v) is 9.08. The summed E-state index contributed by atoms with van der Waals surface area (Å²) in [5.74, 6) is -1.34. The molecule has 3 rings (SSSR count). The summed E-state index contributed by atoms with van der Waals surface area (Å²) < 4.78 is 47.5. The van der Waals surface area contributed by atoms with Crippen molar-refractivity contribution in [1.29, 1.82) is 4.78 Å². The van der Waals surface area contributed by atoms with Gasteiger partial charge in [0.25, 0.3) is 0 Å². The van der Waals surface area contributed by atoms with Gasteiger partial charge in [-0.05, 0) is 59.1 Å². The topological polar surface area (TPSA) is 53.0 Å². The van der Waals surface area contributed by atoms with E-state index in [1.54, 1.807) is 18.2 Å². The van der Waals surface area contributed by atoms with Gasteiger partial charge in [-0.2, -0.15) is 0 Å². The van der Waals surface area contributed by atoms with E-state index in [0.717, 1.165) is 25.0 Å². The van der Waals surface area contributed by atoms with Crippen LogP contribution in [0.25, 0.3) is 0 Å². The molecule has 0 spiro atoms. The molecule has 3 nitrogen and oxygen atoms in total. The number of rotatable bonds is 4. The average Bonchev–Trinajstić information content (AvgIpc) is 3.28. The van der Waals surface area contributed by atoms with Gasteiger partial charge in [0.2, 0.25) is 0 Å². The highest BCUT2D eigenvalue weighted by Crippen LogP contribution is 2.37. The maximum absolute atomic E-state index is 13.7. The van der Waals surface area contributed by atoms with E-state index in [4.69, 9.17) is 4.78 Å². The molecule has 1 aliphatic carbocycles. The lowest BCUT2D eigenvalue weighted by Crippen LogP contribution is -2.05. The van der Waals surface area contributed by atoms with Crippen molar-refractivity contribution in [2.45, 2.75) is 23.0 Å². The molecule has 0 saturated heterocycles. The molecule has 0 heterocycles. The molecule has 0 aromatic heterocycles. The second kappa shape index (κ2) is 5.62. The van der Waals surface area contributed by atoms with Gasteiger partial charge < -0.3 is 5.32 Å². The van der Waals surface area contributed by atoms with Crippen molar-refractivity contribution < 1.29 is 13.0 Å². The van der Waals surface area contributed by atoms with Crippen LogP contribution in [0.1, 0.15) is 12.8 Å². The van der Waals surface area contributed by atoms with Crippen LogP contribution in [0, 0.1) is 16.4 Å². The predicted octanol–water partition coefficient (Wildman–Crippen LogP) is 5.04. The largest absolute Gasteiger partial charge is 0.352 e. The van der Waals surface area contributed by atoms with Gasteiger partial charge in [0, 0.05) is 20.7 Å². The second-order valence-corrected chi connectivity index (χ2v) is 8.38. The summed E-state index contributed by atoms with van der Waals surface area (Å²) in [6.07, 6.45) is 1.64. The molecule has 2 N–H and O–H groups in total. The highest BCUT2D eigenvalue weighted by atomic mass is 79.9. The minimum Gasteiger partial charge on any atom is -0.352 e. The number of nitrogens with one attached hydrogen (secondary N) is 2. The van der Waals surface area contributed by atoms with Gasteiger partial charge in [0.15, 0.2) is 0 Å². The van der Waals surface area contributed by atoms with Crippen LogP contribution in [0.2, 0.25) is 0 Å². The van der Waals surface area contributed by atoms with E-state index in [1.165, 1.54) is 6.07 Å². The Morgan fingerprint density at radius 3 is 2.41 bits per heavy atom. The first-order chi connectivity index (χ1) is 10.4. The normalized spacial score (nSPS) is 17.0. The van der Waals surface area contributed by atoms with Crippen molar-refractivity contribution in [2.75, 3.05) is 5.32 Å². The average molecular weight is 387 g/mol. The fourth-order valence-corrected chi connectivity index (χ4v) is 4.49. The molecule has 0 radical (unpaired) electrons. The Morgan fingerprint density at radius 2 is 1.82 bits per heavy atom. The zero-order valence-electron chi connectivity index (χ0n) is 11.4. The summed E-state index contributed by atoms with van der Waals surface area (Å²) in [5.41, 5.74) is 0.698. The highest BCUT2D eigenvalue weighted by Gasteiger charge is 2.33. The third-order valence-electron chi connectivity index (χ3n) is 3.48. The van der Waals surface area contributed by atoms with Crippen molar-refractivity contribution in [3.63, 3.8) is 0 Å². The van der Waals surface area contributed by atoms with Gasteiger partial charge in [-0.25, -0.2) is 17.8 Å². The minimum atomic E-state index is -2.77. The number of anilines is 2. The van der Waals surface area contributed by atoms with Gasteiger partial charge in [-0.3, -0.25) is 0 Å². The van der Waals surface area contributed by atoms with E-state index in [1.807, 2.05) is 0 Å². The number of hydrogen-bond acceptors (Lipinski definition) is 3.